The monoisotopic (exact) mass is 253 g/mol. The summed E-state index contributed by atoms with van der Waals surface area (Å²) in [6, 6.07) is 7.59. The van der Waals surface area contributed by atoms with Crippen LogP contribution in [0.3, 0.4) is 0 Å². The quantitative estimate of drug-likeness (QED) is 0.908. The van der Waals surface area contributed by atoms with Gasteiger partial charge in [0.1, 0.15) is 5.01 Å². The first kappa shape index (κ1) is 11.6. The fourth-order valence-electron chi connectivity index (χ4n) is 1.50. The van der Waals surface area contributed by atoms with E-state index < -0.39 is 0 Å². The number of benzene rings is 1. The SMILES string of the molecule is CCc1nc(-c2ccc(Cl)cc2)sc1CO. The van der Waals surface area contributed by atoms with Crippen LogP contribution in [0.2, 0.25) is 5.02 Å². The molecule has 16 heavy (non-hydrogen) atoms. The maximum atomic E-state index is 9.20. The van der Waals surface area contributed by atoms with Gasteiger partial charge in [0.15, 0.2) is 0 Å². The molecule has 0 radical (unpaired) electrons. The Morgan fingerprint density at radius 1 is 1.31 bits per heavy atom. The lowest BCUT2D eigenvalue weighted by atomic mass is 10.2. The van der Waals surface area contributed by atoms with Crippen LogP contribution in [0.15, 0.2) is 24.3 Å². The molecule has 0 aliphatic heterocycles. The number of hydrogen-bond donors (Lipinski definition) is 1. The molecule has 0 aliphatic carbocycles. The number of hydrogen-bond acceptors (Lipinski definition) is 3. The van der Waals surface area contributed by atoms with Crippen molar-refractivity contribution in [3.05, 3.63) is 39.9 Å². The molecule has 0 fully saturated rings. The molecule has 1 N–H and O–H groups in total. The standard InChI is InChI=1S/C12H12ClNOS/c1-2-10-11(7-15)16-12(14-10)8-3-5-9(13)6-4-8/h3-6,15H,2,7H2,1H3. The van der Waals surface area contributed by atoms with Crippen LogP contribution in [-0.4, -0.2) is 10.1 Å². The molecule has 84 valence electrons. The van der Waals surface area contributed by atoms with Crippen LogP contribution >= 0.6 is 22.9 Å². The molecule has 1 heterocycles. The third-order valence-electron chi connectivity index (χ3n) is 2.35. The first-order chi connectivity index (χ1) is 7.74. The van der Waals surface area contributed by atoms with E-state index in [-0.39, 0.29) is 6.61 Å². The van der Waals surface area contributed by atoms with Gasteiger partial charge in [-0.25, -0.2) is 4.98 Å². The molecule has 2 nitrogen and oxygen atoms in total. The van der Waals surface area contributed by atoms with Crippen LogP contribution in [0.5, 0.6) is 0 Å². The molecular weight excluding hydrogens is 242 g/mol. The van der Waals surface area contributed by atoms with Crippen LogP contribution in [0.25, 0.3) is 10.6 Å². The van der Waals surface area contributed by atoms with Crippen LogP contribution in [0.4, 0.5) is 0 Å². The smallest absolute Gasteiger partial charge is 0.123 e. The highest BCUT2D eigenvalue weighted by molar-refractivity contribution is 7.15. The molecule has 4 heteroatoms. The molecule has 2 aromatic rings. The molecule has 0 bridgehead atoms. The van der Waals surface area contributed by atoms with E-state index in [9.17, 15) is 5.11 Å². The fourth-order valence-corrected chi connectivity index (χ4v) is 2.64. The Bertz CT molecular complexity index is 457. The average molecular weight is 254 g/mol. The number of aliphatic hydroxyl groups excluding tert-OH is 1. The van der Waals surface area contributed by atoms with Crippen LogP contribution < -0.4 is 0 Å². The molecule has 1 aromatic heterocycles. The zero-order valence-electron chi connectivity index (χ0n) is 8.90. The van der Waals surface area contributed by atoms with E-state index in [4.69, 9.17) is 11.6 Å². The van der Waals surface area contributed by atoms with E-state index in [2.05, 4.69) is 4.98 Å². The maximum Gasteiger partial charge on any atom is 0.123 e. The summed E-state index contributed by atoms with van der Waals surface area (Å²) in [4.78, 5) is 5.47. The van der Waals surface area contributed by atoms with Crippen molar-refractivity contribution in [2.75, 3.05) is 0 Å². The Kier molecular flexibility index (Phi) is 3.59. The van der Waals surface area contributed by atoms with Crippen LogP contribution in [0.1, 0.15) is 17.5 Å². The third kappa shape index (κ3) is 2.26. The van der Waals surface area contributed by atoms with Crippen molar-refractivity contribution in [1.82, 2.24) is 4.98 Å². The minimum Gasteiger partial charge on any atom is -0.391 e. The Hall–Kier alpha value is -0.900. The van der Waals surface area contributed by atoms with E-state index in [1.54, 1.807) is 0 Å². The zero-order chi connectivity index (χ0) is 11.5. The second-order valence-corrected chi connectivity index (χ2v) is 4.93. The van der Waals surface area contributed by atoms with E-state index in [1.165, 1.54) is 11.3 Å². The summed E-state index contributed by atoms with van der Waals surface area (Å²) in [7, 11) is 0. The van der Waals surface area contributed by atoms with Crippen molar-refractivity contribution >= 4 is 22.9 Å². The molecule has 0 saturated carbocycles. The fraction of sp³-hybridized carbons (Fsp3) is 0.250. The van der Waals surface area contributed by atoms with Gasteiger partial charge in [0.25, 0.3) is 0 Å². The van der Waals surface area contributed by atoms with Gasteiger partial charge >= 0.3 is 0 Å². The van der Waals surface area contributed by atoms with Crippen LogP contribution in [-0.2, 0) is 13.0 Å². The number of aromatic nitrogens is 1. The molecule has 0 amide bonds. The molecule has 0 unspecified atom stereocenters. The first-order valence-electron chi connectivity index (χ1n) is 5.10. The Morgan fingerprint density at radius 2 is 2.00 bits per heavy atom. The van der Waals surface area contributed by atoms with Gasteiger partial charge in [-0.2, -0.15) is 0 Å². The summed E-state index contributed by atoms with van der Waals surface area (Å²) >= 11 is 7.37. The maximum absolute atomic E-state index is 9.20. The second kappa shape index (κ2) is 4.95. The molecule has 0 aliphatic rings. The number of halogens is 1. The topological polar surface area (TPSA) is 33.1 Å². The largest absolute Gasteiger partial charge is 0.391 e. The summed E-state index contributed by atoms with van der Waals surface area (Å²) in [5.74, 6) is 0. The van der Waals surface area contributed by atoms with Gasteiger partial charge in [0.05, 0.1) is 17.2 Å². The lowest BCUT2D eigenvalue weighted by Crippen LogP contribution is -1.87. The third-order valence-corrected chi connectivity index (χ3v) is 3.73. The van der Waals surface area contributed by atoms with Crippen molar-refractivity contribution in [2.24, 2.45) is 0 Å². The summed E-state index contributed by atoms with van der Waals surface area (Å²) < 4.78 is 0. The van der Waals surface area contributed by atoms with Crippen molar-refractivity contribution in [3.8, 4) is 10.6 Å². The molecule has 1 aromatic carbocycles. The minimum absolute atomic E-state index is 0.0639. The predicted molar refractivity (Wildman–Crippen MR) is 67.9 cm³/mol. The van der Waals surface area contributed by atoms with Crippen molar-refractivity contribution < 1.29 is 5.11 Å². The Labute approximate surface area is 104 Å². The summed E-state index contributed by atoms with van der Waals surface area (Å²) in [5.41, 5.74) is 2.03. The highest BCUT2D eigenvalue weighted by Gasteiger charge is 2.10. The molecule has 0 atom stereocenters. The lowest BCUT2D eigenvalue weighted by molar-refractivity contribution is 0.284. The van der Waals surface area contributed by atoms with Gasteiger partial charge in [-0.05, 0) is 18.6 Å². The van der Waals surface area contributed by atoms with E-state index in [1.807, 2.05) is 31.2 Å². The number of aliphatic hydroxyl groups is 1. The Balaban J connectivity index is 2.40. The van der Waals surface area contributed by atoms with E-state index >= 15 is 0 Å². The zero-order valence-corrected chi connectivity index (χ0v) is 10.5. The predicted octanol–water partition coefficient (Wildman–Crippen LogP) is 3.52. The Morgan fingerprint density at radius 3 is 2.50 bits per heavy atom. The van der Waals surface area contributed by atoms with Gasteiger partial charge in [-0.3, -0.25) is 0 Å². The highest BCUT2D eigenvalue weighted by Crippen LogP contribution is 2.29. The van der Waals surface area contributed by atoms with E-state index in [0.717, 1.165) is 32.6 Å². The minimum atomic E-state index is 0.0639. The number of nitrogens with zero attached hydrogens (tertiary/aromatic N) is 1. The summed E-state index contributed by atoms with van der Waals surface area (Å²) in [6.45, 7) is 2.11. The van der Waals surface area contributed by atoms with Crippen molar-refractivity contribution in [3.63, 3.8) is 0 Å². The second-order valence-electron chi connectivity index (χ2n) is 3.41. The van der Waals surface area contributed by atoms with Crippen molar-refractivity contribution in [1.29, 1.82) is 0 Å². The molecule has 0 spiro atoms. The number of aryl methyl sites for hydroxylation is 1. The molecular formula is C12H12ClNOS. The van der Waals surface area contributed by atoms with Gasteiger partial charge in [-0.15, -0.1) is 11.3 Å². The number of thiazole rings is 1. The lowest BCUT2D eigenvalue weighted by Gasteiger charge is -1.95. The van der Waals surface area contributed by atoms with Gasteiger partial charge in [0, 0.05) is 10.6 Å². The van der Waals surface area contributed by atoms with Gasteiger partial charge in [0.2, 0.25) is 0 Å². The summed E-state index contributed by atoms with van der Waals surface area (Å²) in [6.07, 6.45) is 0.847. The first-order valence-corrected chi connectivity index (χ1v) is 6.29. The normalized spacial score (nSPS) is 10.7. The molecule has 2 rings (SSSR count). The van der Waals surface area contributed by atoms with Gasteiger partial charge < -0.3 is 5.11 Å². The van der Waals surface area contributed by atoms with E-state index in [0.29, 0.717) is 0 Å². The number of rotatable bonds is 3. The average Bonchev–Trinajstić information content (AvgIpc) is 2.73. The van der Waals surface area contributed by atoms with Crippen LogP contribution in [0, 0.1) is 0 Å². The van der Waals surface area contributed by atoms with Gasteiger partial charge in [-0.1, -0.05) is 30.7 Å². The molecule has 0 saturated heterocycles. The highest BCUT2D eigenvalue weighted by atomic mass is 35.5. The van der Waals surface area contributed by atoms with Crippen molar-refractivity contribution in [2.45, 2.75) is 20.0 Å². The summed E-state index contributed by atoms with van der Waals surface area (Å²) in [5, 5.41) is 10.9.